The van der Waals surface area contributed by atoms with Crippen LogP contribution < -0.4 is 0 Å². The fourth-order valence-corrected chi connectivity index (χ4v) is 8.49. The Morgan fingerprint density at radius 2 is 1.73 bits per heavy atom. The Labute approximate surface area is 186 Å². The second kappa shape index (κ2) is 7.91. The molecule has 0 aromatic rings. The van der Waals surface area contributed by atoms with E-state index in [1.165, 1.54) is 44.9 Å². The molecule has 2 fully saturated rings. The molecule has 0 aromatic heterocycles. The number of hydrogen-bond donors (Lipinski definition) is 1. The molecule has 0 bridgehead atoms. The van der Waals surface area contributed by atoms with E-state index >= 15 is 0 Å². The molecule has 4 aliphatic rings. The SMILES string of the molecule is CC(C)CCCC(C)C1COC2C3=C(CC[C@@]21C)[C@@]1(C)CCC(O)C(C)(C)C1CC3. The summed E-state index contributed by atoms with van der Waals surface area (Å²) in [6.07, 6.45) is 11.4. The van der Waals surface area contributed by atoms with E-state index in [1.54, 1.807) is 11.1 Å². The maximum atomic E-state index is 10.7. The third-order valence-electron chi connectivity index (χ3n) is 10.5. The Balaban J connectivity index is 1.57. The molecule has 7 atom stereocenters. The van der Waals surface area contributed by atoms with Crippen molar-refractivity contribution in [2.45, 2.75) is 118 Å². The molecule has 3 aliphatic carbocycles. The lowest BCUT2D eigenvalue weighted by Crippen LogP contribution is -2.54. The maximum Gasteiger partial charge on any atom is 0.0845 e. The van der Waals surface area contributed by atoms with Gasteiger partial charge in [0.15, 0.2) is 0 Å². The standard InChI is InChI=1S/C28H48O2/c1-18(2)9-8-10-19(3)22-17-30-25-20-11-12-23-26(4,5)24(29)14-16-27(23,6)21(20)13-15-28(22,25)7/h18-19,22-25,29H,8-17H2,1-7H3/t19?,22?,23?,24?,25?,27-,28-/m1/s1. The highest BCUT2D eigenvalue weighted by molar-refractivity contribution is 5.36. The molecule has 1 saturated carbocycles. The van der Waals surface area contributed by atoms with Crippen LogP contribution in [0.3, 0.4) is 0 Å². The molecule has 2 nitrogen and oxygen atoms in total. The van der Waals surface area contributed by atoms with Gasteiger partial charge in [0, 0.05) is 5.41 Å². The number of hydrogen-bond acceptors (Lipinski definition) is 2. The van der Waals surface area contributed by atoms with Crippen molar-refractivity contribution in [3.8, 4) is 0 Å². The van der Waals surface area contributed by atoms with E-state index in [9.17, 15) is 5.11 Å². The van der Waals surface area contributed by atoms with Crippen LogP contribution >= 0.6 is 0 Å². The molecule has 172 valence electrons. The number of fused-ring (bicyclic) bond motifs is 4. The van der Waals surface area contributed by atoms with Crippen molar-refractivity contribution in [2.24, 2.45) is 39.9 Å². The number of aliphatic hydroxyl groups is 1. The molecular formula is C28H48O2. The Kier molecular flexibility index (Phi) is 6.02. The first kappa shape index (κ1) is 22.8. The van der Waals surface area contributed by atoms with Gasteiger partial charge >= 0.3 is 0 Å². The highest BCUT2D eigenvalue weighted by atomic mass is 16.5. The third-order valence-corrected chi connectivity index (χ3v) is 10.5. The molecule has 0 spiro atoms. The minimum atomic E-state index is -0.148. The lowest BCUT2D eigenvalue weighted by Gasteiger charge is -2.59. The summed E-state index contributed by atoms with van der Waals surface area (Å²) >= 11 is 0. The van der Waals surface area contributed by atoms with Crippen LogP contribution in [0.2, 0.25) is 0 Å². The van der Waals surface area contributed by atoms with Gasteiger partial charge < -0.3 is 9.84 Å². The van der Waals surface area contributed by atoms with Crippen LogP contribution in [0.1, 0.15) is 106 Å². The van der Waals surface area contributed by atoms with Gasteiger partial charge in [0.2, 0.25) is 0 Å². The van der Waals surface area contributed by atoms with Crippen LogP contribution in [0, 0.1) is 39.9 Å². The lowest BCUT2D eigenvalue weighted by atomic mass is 9.46. The molecule has 0 radical (unpaired) electrons. The second-order valence-electron chi connectivity index (χ2n) is 13.0. The van der Waals surface area contributed by atoms with Crippen LogP contribution in [-0.4, -0.2) is 23.9 Å². The summed E-state index contributed by atoms with van der Waals surface area (Å²) in [6, 6.07) is 0. The summed E-state index contributed by atoms with van der Waals surface area (Å²) in [4.78, 5) is 0. The van der Waals surface area contributed by atoms with Crippen molar-refractivity contribution in [3.05, 3.63) is 11.1 Å². The van der Waals surface area contributed by atoms with Gasteiger partial charge in [-0.1, -0.05) is 73.3 Å². The molecule has 4 rings (SSSR count). The normalized spacial score (nSPS) is 43.9. The Hall–Kier alpha value is -0.340. The summed E-state index contributed by atoms with van der Waals surface area (Å²) in [7, 11) is 0. The van der Waals surface area contributed by atoms with Crippen LogP contribution in [0.15, 0.2) is 11.1 Å². The lowest BCUT2D eigenvalue weighted by molar-refractivity contribution is -0.0945. The summed E-state index contributed by atoms with van der Waals surface area (Å²) in [6.45, 7) is 17.9. The maximum absolute atomic E-state index is 10.7. The van der Waals surface area contributed by atoms with E-state index in [1.807, 2.05) is 0 Å². The smallest absolute Gasteiger partial charge is 0.0845 e. The van der Waals surface area contributed by atoms with Crippen molar-refractivity contribution in [1.29, 1.82) is 0 Å². The zero-order valence-corrected chi connectivity index (χ0v) is 20.9. The summed E-state index contributed by atoms with van der Waals surface area (Å²) in [5.74, 6) is 2.89. The molecule has 2 heteroatoms. The van der Waals surface area contributed by atoms with Crippen LogP contribution in [0.4, 0.5) is 0 Å². The molecule has 1 saturated heterocycles. The molecule has 1 N–H and O–H groups in total. The van der Waals surface area contributed by atoms with Crippen LogP contribution in [0.25, 0.3) is 0 Å². The van der Waals surface area contributed by atoms with Gasteiger partial charge in [0.25, 0.3) is 0 Å². The van der Waals surface area contributed by atoms with E-state index in [0.717, 1.165) is 31.3 Å². The predicted molar refractivity (Wildman–Crippen MR) is 125 cm³/mol. The predicted octanol–water partition coefficient (Wildman–Crippen LogP) is 7.16. The monoisotopic (exact) mass is 416 g/mol. The van der Waals surface area contributed by atoms with E-state index < -0.39 is 0 Å². The molecule has 1 aliphatic heterocycles. The van der Waals surface area contributed by atoms with Crippen molar-refractivity contribution in [2.75, 3.05) is 6.61 Å². The third kappa shape index (κ3) is 3.43. The van der Waals surface area contributed by atoms with E-state index in [4.69, 9.17) is 4.74 Å². The van der Waals surface area contributed by atoms with Gasteiger partial charge in [-0.2, -0.15) is 0 Å². The van der Waals surface area contributed by atoms with Crippen molar-refractivity contribution >= 4 is 0 Å². The topological polar surface area (TPSA) is 29.5 Å². The number of allylic oxidation sites excluding steroid dienone is 1. The average molecular weight is 417 g/mol. The van der Waals surface area contributed by atoms with Gasteiger partial charge in [-0.3, -0.25) is 0 Å². The quantitative estimate of drug-likeness (QED) is 0.482. The molecule has 30 heavy (non-hydrogen) atoms. The highest BCUT2D eigenvalue weighted by Gasteiger charge is 2.59. The number of rotatable bonds is 5. The van der Waals surface area contributed by atoms with Crippen LogP contribution in [0.5, 0.6) is 0 Å². The largest absolute Gasteiger partial charge is 0.393 e. The zero-order valence-electron chi connectivity index (χ0n) is 20.9. The second-order valence-corrected chi connectivity index (χ2v) is 13.0. The first-order chi connectivity index (χ1) is 14.0. The fraction of sp³-hybridized carbons (Fsp3) is 0.929. The number of aliphatic hydroxyl groups excluding tert-OH is 1. The first-order valence-electron chi connectivity index (χ1n) is 13.0. The van der Waals surface area contributed by atoms with Crippen molar-refractivity contribution in [3.63, 3.8) is 0 Å². The minimum Gasteiger partial charge on any atom is -0.393 e. The van der Waals surface area contributed by atoms with Crippen molar-refractivity contribution < 1.29 is 9.84 Å². The molecule has 0 amide bonds. The Morgan fingerprint density at radius 3 is 2.43 bits per heavy atom. The highest BCUT2D eigenvalue weighted by Crippen LogP contribution is 2.65. The fourth-order valence-electron chi connectivity index (χ4n) is 8.49. The number of ether oxygens (including phenoxy) is 1. The van der Waals surface area contributed by atoms with Gasteiger partial charge in [0.05, 0.1) is 18.8 Å². The van der Waals surface area contributed by atoms with Gasteiger partial charge in [-0.15, -0.1) is 0 Å². The summed E-state index contributed by atoms with van der Waals surface area (Å²) < 4.78 is 6.68. The van der Waals surface area contributed by atoms with Crippen LogP contribution in [-0.2, 0) is 4.74 Å². The van der Waals surface area contributed by atoms with Crippen molar-refractivity contribution in [1.82, 2.24) is 0 Å². The van der Waals surface area contributed by atoms with Gasteiger partial charge in [0.1, 0.15) is 0 Å². The zero-order chi connectivity index (χ0) is 21.9. The molecule has 0 aromatic carbocycles. The van der Waals surface area contributed by atoms with E-state index in [0.29, 0.717) is 23.4 Å². The van der Waals surface area contributed by atoms with E-state index in [2.05, 4.69) is 48.5 Å². The molecule has 1 heterocycles. The Morgan fingerprint density at radius 1 is 1.00 bits per heavy atom. The first-order valence-corrected chi connectivity index (χ1v) is 13.0. The average Bonchev–Trinajstić information content (AvgIpc) is 3.02. The molecule has 5 unspecified atom stereocenters. The van der Waals surface area contributed by atoms with E-state index in [-0.39, 0.29) is 16.9 Å². The molecular weight excluding hydrogens is 368 g/mol. The summed E-state index contributed by atoms with van der Waals surface area (Å²) in [5.41, 5.74) is 4.04. The van der Waals surface area contributed by atoms with Gasteiger partial charge in [-0.25, -0.2) is 0 Å². The Bertz CT molecular complexity index is 676. The van der Waals surface area contributed by atoms with Gasteiger partial charge in [-0.05, 0) is 78.6 Å². The summed E-state index contributed by atoms with van der Waals surface area (Å²) in [5, 5.41) is 10.7. The minimum absolute atomic E-state index is 0.0241.